The maximum Gasteiger partial charge on any atom is 0.168 e. The highest BCUT2D eigenvalue weighted by Crippen LogP contribution is 2.36. The lowest BCUT2D eigenvalue weighted by molar-refractivity contribution is -0.179. The Kier molecular flexibility index (Phi) is 3.67. The van der Waals surface area contributed by atoms with E-state index in [-0.39, 0.29) is 5.79 Å². The molecule has 2 saturated heterocycles. The highest BCUT2D eigenvalue weighted by molar-refractivity contribution is 7.99. The van der Waals surface area contributed by atoms with Gasteiger partial charge in [-0.1, -0.05) is 6.92 Å². The molecule has 4 heteroatoms. The van der Waals surface area contributed by atoms with Crippen molar-refractivity contribution in [2.45, 2.75) is 50.5 Å². The third kappa shape index (κ3) is 2.65. The van der Waals surface area contributed by atoms with E-state index >= 15 is 0 Å². The smallest absolute Gasteiger partial charge is 0.168 e. The zero-order valence-corrected chi connectivity index (χ0v) is 11.4. The highest BCUT2D eigenvalue weighted by atomic mass is 32.2. The van der Waals surface area contributed by atoms with Gasteiger partial charge in [0.1, 0.15) is 0 Å². The Hall–Kier alpha value is 0.230. The molecule has 0 aromatic heterocycles. The van der Waals surface area contributed by atoms with E-state index in [2.05, 4.69) is 24.0 Å². The summed E-state index contributed by atoms with van der Waals surface area (Å²) in [6.07, 6.45) is 4.54. The molecule has 0 radical (unpaired) electrons. The van der Waals surface area contributed by atoms with E-state index in [1.54, 1.807) is 0 Å². The Morgan fingerprint density at radius 1 is 1.12 bits per heavy atom. The van der Waals surface area contributed by atoms with Crippen LogP contribution >= 0.6 is 11.8 Å². The lowest BCUT2D eigenvalue weighted by atomic mass is 9.89. The fraction of sp³-hybridized carbons (Fsp3) is 1.00. The van der Waals surface area contributed by atoms with Crippen molar-refractivity contribution in [1.29, 1.82) is 0 Å². The van der Waals surface area contributed by atoms with Gasteiger partial charge in [0.25, 0.3) is 0 Å². The van der Waals surface area contributed by atoms with Gasteiger partial charge in [-0.05, 0) is 24.5 Å². The quantitative estimate of drug-likeness (QED) is 0.820. The van der Waals surface area contributed by atoms with Gasteiger partial charge in [-0.15, -0.1) is 0 Å². The summed E-state index contributed by atoms with van der Waals surface area (Å²) in [6.45, 7) is 3.94. The number of hydrogen-bond donors (Lipinski definition) is 1. The highest BCUT2D eigenvalue weighted by Gasteiger charge is 2.41. The molecule has 1 spiro atoms. The minimum atomic E-state index is -0.200. The van der Waals surface area contributed by atoms with Gasteiger partial charge in [0.15, 0.2) is 5.79 Å². The molecule has 3 nitrogen and oxygen atoms in total. The summed E-state index contributed by atoms with van der Waals surface area (Å²) in [7, 11) is 0. The first-order valence-corrected chi connectivity index (χ1v) is 8.05. The van der Waals surface area contributed by atoms with Crippen LogP contribution in [0.4, 0.5) is 0 Å². The predicted molar refractivity (Wildman–Crippen MR) is 70.3 cm³/mol. The fourth-order valence-corrected chi connectivity index (χ4v) is 4.61. The Bertz CT molecular complexity index is 258. The zero-order chi connectivity index (χ0) is 11.7. The predicted octanol–water partition coefficient (Wildman–Crippen LogP) is 2.01. The molecule has 17 heavy (non-hydrogen) atoms. The summed E-state index contributed by atoms with van der Waals surface area (Å²) >= 11 is 2.09. The third-order valence-corrected chi connectivity index (χ3v) is 5.73. The average molecular weight is 257 g/mol. The molecule has 0 aromatic rings. The van der Waals surface area contributed by atoms with Gasteiger partial charge < -0.3 is 14.8 Å². The summed E-state index contributed by atoms with van der Waals surface area (Å²) in [6, 6.07) is 1.41. The standard InChI is InChI=1S/C13H23NO2S/c1-10-8-17-9-12(10)14-11-2-4-13(5-3-11)15-6-7-16-13/h10-12,14H,2-9H2,1H3. The van der Waals surface area contributed by atoms with Gasteiger partial charge >= 0.3 is 0 Å². The molecule has 2 atom stereocenters. The van der Waals surface area contributed by atoms with Crippen molar-refractivity contribution < 1.29 is 9.47 Å². The molecule has 0 amide bonds. The van der Waals surface area contributed by atoms with Crippen molar-refractivity contribution in [3.63, 3.8) is 0 Å². The first-order chi connectivity index (χ1) is 8.27. The molecule has 1 N–H and O–H groups in total. The molecular weight excluding hydrogens is 234 g/mol. The van der Waals surface area contributed by atoms with Crippen LogP contribution in [0.25, 0.3) is 0 Å². The van der Waals surface area contributed by atoms with Crippen LogP contribution in [0.15, 0.2) is 0 Å². The van der Waals surface area contributed by atoms with Crippen LogP contribution in [-0.2, 0) is 9.47 Å². The molecule has 2 aliphatic heterocycles. The second-order valence-electron chi connectivity index (χ2n) is 5.67. The Morgan fingerprint density at radius 3 is 2.41 bits per heavy atom. The van der Waals surface area contributed by atoms with Crippen molar-refractivity contribution >= 4 is 11.8 Å². The van der Waals surface area contributed by atoms with E-state index in [1.807, 2.05) is 0 Å². The third-order valence-electron chi connectivity index (χ3n) is 4.38. The topological polar surface area (TPSA) is 30.5 Å². The lowest BCUT2D eigenvalue weighted by Crippen LogP contribution is -2.47. The van der Waals surface area contributed by atoms with Gasteiger partial charge in [0.05, 0.1) is 13.2 Å². The molecule has 2 unspecified atom stereocenters. The van der Waals surface area contributed by atoms with Crippen LogP contribution in [0.5, 0.6) is 0 Å². The summed E-state index contributed by atoms with van der Waals surface area (Å²) in [5.74, 6) is 3.24. The Balaban J connectivity index is 1.48. The van der Waals surface area contributed by atoms with Gasteiger partial charge in [0.2, 0.25) is 0 Å². The molecule has 1 aliphatic carbocycles. The van der Waals surface area contributed by atoms with Crippen LogP contribution in [-0.4, -0.2) is 42.6 Å². The SMILES string of the molecule is CC1CSCC1NC1CCC2(CC1)OCCO2. The van der Waals surface area contributed by atoms with E-state index in [1.165, 1.54) is 24.3 Å². The van der Waals surface area contributed by atoms with E-state index < -0.39 is 0 Å². The van der Waals surface area contributed by atoms with Crippen molar-refractivity contribution in [1.82, 2.24) is 5.32 Å². The summed E-state index contributed by atoms with van der Waals surface area (Å²) in [5, 5.41) is 3.84. The molecule has 3 rings (SSSR count). The molecule has 0 aromatic carbocycles. The second-order valence-corrected chi connectivity index (χ2v) is 6.74. The molecule has 98 valence electrons. The summed E-state index contributed by atoms with van der Waals surface area (Å²) in [4.78, 5) is 0. The molecule has 3 aliphatic rings. The maximum absolute atomic E-state index is 5.77. The zero-order valence-electron chi connectivity index (χ0n) is 10.6. The van der Waals surface area contributed by atoms with Gasteiger partial charge in [-0.2, -0.15) is 11.8 Å². The van der Waals surface area contributed by atoms with Gasteiger partial charge in [-0.25, -0.2) is 0 Å². The number of nitrogens with one attached hydrogen (secondary N) is 1. The summed E-state index contributed by atoms with van der Waals surface area (Å²) < 4.78 is 11.5. The first kappa shape index (κ1) is 12.3. The van der Waals surface area contributed by atoms with Gasteiger partial charge in [-0.3, -0.25) is 0 Å². The average Bonchev–Trinajstić information content (AvgIpc) is 2.94. The Labute approximate surface area is 108 Å². The van der Waals surface area contributed by atoms with Crippen molar-refractivity contribution in [2.24, 2.45) is 5.92 Å². The number of hydrogen-bond acceptors (Lipinski definition) is 4. The first-order valence-electron chi connectivity index (χ1n) is 6.89. The molecule has 1 saturated carbocycles. The second kappa shape index (κ2) is 5.08. The molecule has 3 fully saturated rings. The maximum atomic E-state index is 5.77. The van der Waals surface area contributed by atoms with E-state index in [0.717, 1.165) is 38.0 Å². The normalized spacial score (nSPS) is 37.9. The van der Waals surface area contributed by atoms with E-state index in [9.17, 15) is 0 Å². The number of rotatable bonds is 2. The van der Waals surface area contributed by atoms with Gasteiger partial charge in [0, 0.05) is 30.7 Å². The number of ether oxygens (including phenoxy) is 2. The van der Waals surface area contributed by atoms with Crippen LogP contribution < -0.4 is 5.32 Å². The van der Waals surface area contributed by atoms with Crippen LogP contribution in [0.2, 0.25) is 0 Å². The fourth-order valence-electron chi connectivity index (χ4n) is 3.19. The van der Waals surface area contributed by atoms with E-state index in [0.29, 0.717) is 6.04 Å². The number of thioether (sulfide) groups is 1. The molecule has 0 bridgehead atoms. The minimum absolute atomic E-state index is 0.200. The lowest BCUT2D eigenvalue weighted by Gasteiger charge is -2.37. The van der Waals surface area contributed by atoms with Crippen LogP contribution in [0.1, 0.15) is 32.6 Å². The molecular formula is C13H23NO2S. The van der Waals surface area contributed by atoms with E-state index in [4.69, 9.17) is 9.47 Å². The molecule has 2 heterocycles. The summed E-state index contributed by atoms with van der Waals surface area (Å²) in [5.41, 5.74) is 0. The van der Waals surface area contributed by atoms with Crippen LogP contribution in [0, 0.1) is 5.92 Å². The van der Waals surface area contributed by atoms with Crippen molar-refractivity contribution in [2.75, 3.05) is 24.7 Å². The largest absolute Gasteiger partial charge is 0.348 e. The van der Waals surface area contributed by atoms with Crippen LogP contribution in [0.3, 0.4) is 0 Å². The van der Waals surface area contributed by atoms with Crippen molar-refractivity contribution in [3.8, 4) is 0 Å². The minimum Gasteiger partial charge on any atom is -0.348 e. The Morgan fingerprint density at radius 2 is 1.82 bits per heavy atom. The van der Waals surface area contributed by atoms with Crippen molar-refractivity contribution in [3.05, 3.63) is 0 Å². The monoisotopic (exact) mass is 257 g/mol.